The molecule has 0 unspecified atom stereocenters. The molecular weight excluding hydrogens is 320 g/mol. The largest absolute Gasteiger partial charge is 0.388 e. The van der Waals surface area contributed by atoms with Crippen molar-refractivity contribution in [3.63, 3.8) is 0 Å². The Labute approximate surface area is 148 Å². The molecule has 0 aromatic heterocycles. The molecule has 138 valence electrons. The fourth-order valence-electron chi connectivity index (χ4n) is 7.64. The Morgan fingerprint density at radius 3 is 2.64 bits per heavy atom. The molecule has 2 spiro atoms. The van der Waals surface area contributed by atoms with Crippen molar-refractivity contribution in [1.29, 1.82) is 0 Å². The highest BCUT2D eigenvalue weighted by Crippen LogP contribution is 2.76. The van der Waals surface area contributed by atoms with Crippen LogP contribution in [0.15, 0.2) is 24.3 Å². The lowest BCUT2D eigenvalue weighted by molar-refractivity contribution is -0.458. The summed E-state index contributed by atoms with van der Waals surface area (Å²) in [6, 6.07) is 0. The highest BCUT2D eigenvalue weighted by atomic mass is 16.6. The standard InChI is InChI=1S/C20H28O5/c1-10-11-4-5-12-18-9-25-20(24,19(12,8-11)15(10)22)16(23)14(18)17(2,3)7-6-13(18)21/h6-7,11-16,21-24H,1,4-5,8-9H2,2-3H3/t11-,12+,13+,14-,15-,16+,18-,19+,20+/m1/s1. The van der Waals surface area contributed by atoms with E-state index in [1.165, 1.54) is 0 Å². The van der Waals surface area contributed by atoms with Crippen LogP contribution < -0.4 is 0 Å². The lowest BCUT2D eigenvalue weighted by atomic mass is 9.37. The number of aliphatic hydroxyl groups is 4. The average Bonchev–Trinajstić information content (AvgIpc) is 2.75. The van der Waals surface area contributed by atoms with E-state index < -0.39 is 34.9 Å². The van der Waals surface area contributed by atoms with E-state index in [2.05, 4.69) is 6.58 Å². The molecular formula is C20H28O5. The third kappa shape index (κ3) is 1.45. The van der Waals surface area contributed by atoms with Gasteiger partial charge in [-0.25, -0.2) is 0 Å². The molecule has 25 heavy (non-hydrogen) atoms. The minimum atomic E-state index is -1.80. The molecule has 4 N–H and O–H groups in total. The SMILES string of the molecule is C=C1[C@@H]2CC[C@H]3[C@@]45CO[C@@](O)([C@@H](O)[C@@H]4C(C)(C)C=C[C@@H]5O)[C@]3(C2)[C@@H]1O. The number of fused-ring (bicyclic) bond motifs is 2. The van der Waals surface area contributed by atoms with Crippen LogP contribution in [0.5, 0.6) is 0 Å². The first-order chi connectivity index (χ1) is 11.6. The smallest absolute Gasteiger partial charge is 0.201 e. The van der Waals surface area contributed by atoms with Crippen LogP contribution in [0.1, 0.15) is 33.1 Å². The van der Waals surface area contributed by atoms with Gasteiger partial charge in [-0.2, -0.15) is 0 Å². The van der Waals surface area contributed by atoms with Gasteiger partial charge in [0, 0.05) is 11.3 Å². The van der Waals surface area contributed by atoms with E-state index in [0.717, 1.165) is 18.4 Å². The van der Waals surface area contributed by atoms with Crippen molar-refractivity contribution in [2.75, 3.05) is 6.61 Å². The van der Waals surface area contributed by atoms with E-state index >= 15 is 0 Å². The molecule has 6 aliphatic rings. The summed E-state index contributed by atoms with van der Waals surface area (Å²) in [6.45, 7) is 8.36. The first-order valence-corrected chi connectivity index (χ1v) is 9.41. The van der Waals surface area contributed by atoms with Crippen LogP contribution >= 0.6 is 0 Å². The molecule has 2 heterocycles. The van der Waals surface area contributed by atoms with E-state index in [9.17, 15) is 20.4 Å². The summed E-state index contributed by atoms with van der Waals surface area (Å²) < 4.78 is 5.92. The van der Waals surface area contributed by atoms with E-state index in [1.54, 1.807) is 0 Å². The minimum absolute atomic E-state index is 0.114. The van der Waals surface area contributed by atoms with Crippen LogP contribution in [-0.2, 0) is 4.74 Å². The Kier molecular flexibility index (Phi) is 2.89. The first-order valence-electron chi connectivity index (χ1n) is 9.41. The molecule has 9 atom stereocenters. The van der Waals surface area contributed by atoms with Crippen molar-refractivity contribution in [3.05, 3.63) is 24.3 Å². The maximum absolute atomic E-state index is 11.6. The quantitative estimate of drug-likeness (QED) is 0.490. The van der Waals surface area contributed by atoms with Crippen LogP contribution in [0.25, 0.3) is 0 Å². The Morgan fingerprint density at radius 2 is 1.92 bits per heavy atom. The van der Waals surface area contributed by atoms with Gasteiger partial charge >= 0.3 is 0 Å². The van der Waals surface area contributed by atoms with Crippen LogP contribution in [0.3, 0.4) is 0 Å². The summed E-state index contributed by atoms with van der Waals surface area (Å²) >= 11 is 0. The van der Waals surface area contributed by atoms with Gasteiger partial charge in [0.1, 0.15) is 6.10 Å². The maximum Gasteiger partial charge on any atom is 0.201 e. The molecule has 0 aromatic carbocycles. The second-order valence-electron chi connectivity index (χ2n) is 9.69. The lowest BCUT2D eigenvalue weighted by Gasteiger charge is -2.74. The number of aliphatic hydroxyl groups excluding tert-OH is 3. The molecule has 0 aromatic rings. The van der Waals surface area contributed by atoms with Crippen LogP contribution in [0.2, 0.25) is 0 Å². The van der Waals surface area contributed by atoms with E-state index in [1.807, 2.05) is 26.0 Å². The zero-order valence-corrected chi connectivity index (χ0v) is 14.9. The van der Waals surface area contributed by atoms with Crippen LogP contribution in [0, 0.1) is 34.0 Å². The zero-order valence-electron chi connectivity index (χ0n) is 14.9. The summed E-state index contributed by atoms with van der Waals surface area (Å²) in [6.07, 6.45) is 3.20. The van der Waals surface area contributed by atoms with Crippen molar-refractivity contribution >= 4 is 0 Å². The predicted molar refractivity (Wildman–Crippen MR) is 90.2 cm³/mol. The van der Waals surface area contributed by atoms with Gasteiger partial charge in [-0.05, 0) is 42.1 Å². The highest BCUT2D eigenvalue weighted by molar-refractivity contribution is 5.37. The van der Waals surface area contributed by atoms with Crippen molar-refractivity contribution in [2.45, 2.75) is 57.2 Å². The molecule has 0 radical (unpaired) electrons. The molecule has 5 heteroatoms. The van der Waals surface area contributed by atoms with Crippen LogP contribution in [-0.4, -0.2) is 51.1 Å². The fraction of sp³-hybridized carbons (Fsp3) is 0.800. The normalized spacial score (nSPS) is 61.1. The first kappa shape index (κ1) is 16.5. The minimum Gasteiger partial charge on any atom is -0.388 e. The van der Waals surface area contributed by atoms with Crippen LogP contribution in [0.4, 0.5) is 0 Å². The van der Waals surface area contributed by atoms with Crippen molar-refractivity contribution in [3.8, 4) is 0 Å². The van der Waals surface area contributed by atoms with Gasteiger partial charge in [0.2, 0.25) is 5.79 Å². The molecule has 6 rings (SSSR count). The topological polar surface area (TPSA) is 90.2 Å². The Balaban J connectivity index is 1.79. The third-order valence-corrected chi connectivity index (χ3v) is 8.59. The summed E-state index contributed by atoms with van der Waals surface area (Å²) in [4.78, 5) is 0. The van der Waals surface area contributed by atoms with Gasteiger partial charge in [-0.15, -0.1) is 0 Å². The predicted octanol–water partition coefficient (Wildman–Crippen LogP) is 0.973. The van der Waals surface area contributed by atoms with Gasteiger partial charge in [-0.3, -0.25) is 0 Å². The fourth-order valence-corrected chi connectivity index (χ4v) is 7.64. The Hall–Kier alpha value is -0.720. The molecule has 0 amide bonds. The second-order valence-corrected chi connectivity index (χ2v) is 9.69. The summed E-state index contributed by atoms with van der Waals surface area (Å²) in [5.41, 5.74) is -1.32. The van der Waals surface area contributed by atoms with Crippen molar-refractivity contribution < 1.29 is 25.2 Å². The molecule has 3 saturated carbocycles. The monoisotopic (exact) mass is 348 g/mol. The average molecular weight is 348 g/mol. The molecule has 4 aliphatic carbocycles. The lowest BCUT2D eigenvalue weighted by Crippen LogP contribution is -2.83. The number of ether oxygens (including phenoxy) is 1. The molecule has 2 aliphatic heterocycles. The van der Waals surface area contributed by atoms with E-state index in [-0.39, 0.29) is 29.8 Å². The number of hydrogen-bond acceptors (Lipinski definition) is 5. The molecule has 5 nitrogen and oxygen atoms in total. The van der Waals surface area contributed by atoms with E-state index in [0.29, 0.717) is 6.42 Å². The van der Waals surface area contributed by atoms with Gasteiger partial charge in [-0.1, -0.05) is 32.6 Å². The Morgan fingerprint density at radius 1 is 1.20 bits per heavy atom. The molecule has 4 bridgehead atoms. The highest BCUT2D eigenvalue weighted by Gasteiger charge is 2.83. The van der Waals surface area contributed by atoms with Crippen molar-refractivity contribution in [2.24, 2.45) is 34.0 Å². The zero-order chi connectivity index (χ0) is 18.0. The van der Waals surface area contributed by atoms with Gasteiger partial charge in [0.05, 0.1) is 24.2 Å². The maximum atomic E-state index is 11.6. The van der Waals surface area contributed by atoms with Gasteiger partial charge < -0.3 is 25.2 Å². The second kappa shape index (κ2) is 4.39. The van der Waals surface area contributed by atoms with Gasteiger partial charge in [0.15, 0.2) is 0 Å². The summed E-state index contributed by atoms with van der Waals surface area (Å²) in [5.74, 6) is -2.10. The van der Waals surface area contributed by atoms with Crippen molar-refractivity contribution in [1.82, 2.24) is 0 Å². The number of allylic oxidation sites excluding steroid dienone is 1. The number of hydrogen-bond donors (Lipinski definition) is 4. The summed E-state index contributed by atoms with van der Waals surface area (Å²) in [7, 11) is 0. The molecule has 2 saturated heterocycles. The van der Waals surface area contributed by atoms with Gasteiger partial charge in [0.25, 0.3) is 0 Å². The summed E-state index contributed by atoms with van der Waals surface area (Å²) in [5, 5.41) is 45.1. The number of rotatable bonds is 0. The molecule has 5 fully saturated rings. The Bertz CT molecular complexity index is 686. The van der Waals surface area contributed by atoms with E-state index in [4.69, 9.17) is 4.74 Å². The third-order valence-electron chi connectivity index (χ3n) is 8.59.